The van der Waals surface area contributed by atoms with E-state index in [1.165, 1.54) is 0 Å². The molecular formula is C30H33N3O5. The number of aromatic amines is 1. The largest absolute Gasteiger partial charge is 0.493 e. The van der Waals surface area contributed by atoms with Crippen molar-refractivity contribution >= 4 is 28.7 Å². The van der Waals surface area contributed by atoms with Gasteiger partial charge in [0.2, 0.25) is 0 Å². The van der Waals surface area contributed by atoms with Gasteiger partial charge in [-0.05, 0) is 74.2 Å². The molecular weight excluding hydrogens is 482 g/mol. The average molecular weight is 516 g/mol. The second kappa shape index (κ2) is 13.3. The summed E-state index contributed by atoms with van der Waals surface area (Å²) in [4.78, 5) is 32.5. The van der Waals surface area contributed by atoms with Crippen molar-refractivity contribution in [3.63, 3.8) is 0 Å². The Kier molecular flexibility index (Phi) is 9.34. The molecule has 0 spiro atoms. The highest BCUT2D eigenvalue weighted by Crippen LogP contribution is 2.31. The van der Waals surface area contributed by atoms with Gasteiger partial charge in [0.15, 0.2) is 0 Å². The number of fused-ring (bicyclic) bond motifs is 1. The fourth-order valence-corrected chi connectivity index (χ4v) is 4.24. The van der Waals surface area contributed by atoms with E-state index in [1.807, 2.05) is 54.7 Å². The van der Waals surface area contributed by atoms with Gasteiger partial charge in [0.25, 0.3) is 0 Å². The van der Waals surface area contributed by atoms with Crippen LogP contribution < -0.4 is 10.1 Å². The highest BCUT2D eigenvalue weighted by Gasteiger charge is 2.25. The minimum atomic E-state index is -0.499. The molecule has 0 fully saturated rings. The Morgan fingerprint density at radius 2 is 1.82 bits per heavy atom. The number of anilines is 1. The third kappa shape index (κ3) is 6.91. The van der Waals surface area contributed by atoms with Crippen LogP contribution in [0, 0.1) is 0 Å². The Morgan fingerprint density at radius 1 is 1.00 bits per heavy atom. The predicted octanol–water partition coefficient (Wildman–Crippen LogP) is 5.51. The van der Waals surface area contributed by atoms with Gasteiger partial charge in [-0.3, -0.25) is 4.79 Å². The van der Waals surface area contributed by atoms with Crippen molar-refractivity contribution in [3.05, 3.63) is 89.7 Å². The molecule has 2 aromatic carbocycles. The fraction of sp³-hybridized carbons (Fsp3) is 0.300. The summed E-state index contributed by atoms with van der Waals surface area (Å²) in [5.41, 5.74) is 3.15. The third-order valence-electron chi connectivity index (χ3n) is 6.10. The first kappa shape index (κ1) is 26.7. The zero-order valence-electron chi connectivity index (χ0n) is 21.7. The van der Waals surface area contributed by atoms with Gasteiger partial charge in [-0.15, -0.1) is 0 Å². The van der Waals surface area contributed by atoms with Gasteiger partial charge in [0, 0.05) is 35.9 Å². The summed E-state index contributed by atoms with van der Waals surface area (Å²) in [6.07, 6.45) is 4.88. The van der Waals surface area contributed by atoms with Gasteiger partial charge in [-0.1, -0.05) is 18.2 Å². The van der Waals surface area contributed by atoms with Crippen LogP contribution in [-0.4, -0.2) is 48.3 Å². The summed E-state index contributed by atoms with van der Waals surface area (Å²) in [6.45, 7) is 5.51. The third-order valence-corrected chi connectivity index (χ3v) is 6.10. The summed E-state index contributed by atoms with van der Waals surface area (Å²) in [7, 11) is 0. The van der Waals surface area contributed by atoms with Crippen LogP contribution in [-0.2, 0) is 20.7 Å². The average Bonchev–Trinajstić information content (AvgIpc) is 3.35. The molecule has 38 heavy (non-hydrogen) atoms. The Labute approximate surface area is 222 Å². The number of ether oxygens (including phenoxy) is 3. The molecule has 0 radical (unpaired) electrons. The number of aromatic nitrogens is 2. The molecule has 4 rings (SSSR count). The minimum Gasteiger partial charge on any atom is -0.493 e. The minimum absolute atomic E-state index is 0.288. The highest BCUT2D eigenvalue weighted by atomic mass is 16.5. The molecule has 0 aliphatic heterocycles. The molecule has 8 nitrogen and oxygen atoms in total. The van der Waals surface area contributed by atoms with Crippen LogP contribution in [0.2, 0.25) is 0 Å². The number of H-pyrrole nitrogens is 1. The highest BCUT2D eigenvalue weighted by molar-refractivity contribution is 5.91. The van der Waals surface area contributed by atoms with Gasteiger partial charge >= 0.3 is 11.9 Å². The quantitative estimate of drug-likeness (QED) is 0.179. The summed E-state index contributed by atoms with van der Waals surface area (Å²) in [6, 6.07) is 18.7. The molecule has 2 N–H and O–H groups in total. The van der Waals surface area contributed by atoms with Crippen LogP contribution in [0.4, 0.5) is 5.82 Å². The van der Waals surface area contributed by atoms with Crippen LogP contribution in [0.5, 0.6) is 5.75 Å². The van der Waals surface area contributed by atoms with Gasteiger partial charge in [0.05, 0.1) is 31.3 Å². The molecule has 4 aromatic rings. The molecule has 2 heterocycles. The molecule has 0 aliphatic rings. The Bertz CT molecular complexity index is 1340. The predicted molar refractivity (Wildman–Crippen MR) is 147 cm³/mol. The van der Waals surface area contributed by atoms with E-state index in [1.54, 1.807) is 32.2 Å². The molecule has 0 saturated heterocycles. The van der Waals surface area contributed by atoms with Crippen molar-refractivity contribution in [1.82, 2.24) is 9.97 Å². The lowest BCUT2D eigenvalue weighted by Crippen LogP contribution is -2.18. The zero-order chi connectivity index (χ0) is 26.7. The molecule has 1 unspecified atom stereocenters. The molecule has 198 valence electrons. The van der Waals surface area contributed by atoms with Crippen LogP contribution in [0.15, 0.2) is 73.1 Å². The van der Waals surface area contributed by atoms with Crippen LogP contribution in [0.3, 0.4) is 0 Å². The van der Waals surface area contributed by atoms with Gasteiger partial charge < -0.3 is 24.5 Å². The van der Waals surface area contributed by atoms with E-state index in [9.17, 15) is 9.59 Å². The Hall–Kier alpha value is -4.33. The molecule has 0 amide bonds. The topological polar surface area (TPSA) is 103 Å². The standard InChI is InChI=1S/C30H33N3O5/c1-3-36-29(34)22-11-9-21(10-12-22)18-25(30(35)37-4-2)26-20-33-27-19-23(13-14-24(26)27)38-17-7-16-32-28-8-5-6-15-31-28/h5-6,8-15,19-20,25,33H,3-4,7,16-18H2,1-2H3,(H,31,32). The van der Waals surface area contributed by atoms with Crippen LogP contribution >= 0.6 is 0 Å². The first-order chi connectivity index (χ1) is 18.6. The smallest absolute Gasteiger partial charge is 0.338 e. The maximum absolute atomic E-state index is 13.0. The molecule has 0 aliphatic carbocycles. The van der Waals surface area contributed by atoms with E-state index < -0.39 is 5.92 Å². The van der Waals surface area contributed by atoms with Crippen LogP contribution in [0.1, 0.15) is 47.7 Å². The van der Waals surface area contributed by atoms with Crippen LogP contribution in [0.25, 0.3) is 10.9 Å². The monoisotopic (exact) mass is 515 g/mol. The number of carbonyl (C=O) groups is 2. The normalized spacial score (nSPS) is 11.6. The Balaban J connectivity index is 1.42. The number of hydrogen-bond donors (Lipinski definition) is 2. The molecule has 0 bridgehead atoms. The van der Waals surface area contributed by atoms with E-state index in [-0.39, 0.29) is 11.9 Å². The first-order valence-corrected chi connectivity index (χ1v) is 12.9. The second-order valence-corrected chi connectivity index (χ2v) is 8.72. The molecule has 2 aromatic heterocycles. The lowest BCUT2D eigenvalue weighted by molar-refractivity contribution is -0.144. The molecule has 1 atom stereocenters. The summed E-state index contributed by atoms with van der Waals surface area (Å²) < 4.78 is 16.4. The van der Waals surface area contributed by atoms with E-state index in [0.29, 0.717) is 31.8 Å². The number of benzene rings is 2. The van der Waals surface area contributed by atoms with Crippen molar-refractivity contribution in [2.45, 2.75) is 32.6 Å². The second-order valence-electron chi connectivity index (χ2n) is 8.72. The Morgan fingerprint density at radius 3 is 2.55 bits per heavy atom. The number of esters is 2. The number of pyridine rings is 1. The van der Waals surface area contributed by atoms with Crippen molar-refractivity contribution in [2.75, 3.05) is 31.7 Å². The number of hydrogen-bond acceptors (Lipinski definition) is 7. The molecule has 0 saturated carbocycles. The first-order valence-electron chi connectivity index (χ1n) is 12.9. The molecule has 8 heteroatoms. The number of rotatable bonds is 13. The number of nitrogens with zero attached hydrogens (tertiary/aromatic N) is 1. The van der Waals surface area contributed by atoms with Crippen molar-refractivity contribution in [3.8, 4) is 5.75 Å². The summed E-state index contributed by atoms with van der Waals surface area (Å²) >= 11 is 0. The van der Waals surface area contributed by atoms with E-state index in [0.717, 1.165) is 46.6 Å². The zero-order valence-corrected chi connectivity index (χ0v) is 21.7. The van der Waals surface area contributed by atoms with E-state index in [4.69, 9.17) is 14.2 Å². The lowest BCUT2D eigenvalue weighted by Gasteiger charge is -2.16. The van der Waals surface area contributed by atoms with Crippen molar-refractivity contribution < 1.29 is 23.8 Å². The fourth-order valence-electron chi connectivity index (χ4n) is 4.24. The van der Waals surface area contributed by atoms with E-state index >= 15 is 0 Å². The van der Waals surface area contributed by atoms with E-state index in [2.05, 4.69) is 15.3 Å². The maximum Gasteiger partial charge on any atom is 0.338 e. The van der Waals surface area contributed by atoms with Gasteiger partial charge in [-0.2, -0.15) is 0 Å². The SMILES string of the molecule is CCOC(=O)c1ccc(CC(C(=O)OCC)c2c[nH]c3cc(OCCCNc4ccccn4)ccc23)cc1. The number of nitrogens with one attached hydrogen (secondary N) is 2. The van der Waals surface area contributed by atoms with Gasteiger partial charge in [0.1, 0.15) is 11.6 Å². The van der Waals surface area contributed by atoms with Crippen molar-refractivity contribution in [2.24, 2.45) is 0 Å². The number of carbonyl (C=O) groups excluding carboxylic acids is 2. The lowest BCUT2D eigenvalue weighted by atomic mass is 9.91. The van der Waals surface area contributed by atoms with Gasteiger partial charge in [-0.25, -0.2) is 9.78 Å². The maximum atomic E-state index is 13.0. The van der Waals surface area contributed by atoms with Crippen molar-refractivity contribution in [1.29, 1.82) is 0 Å². The summed E-state index contributed by atoms with van der Waals surface area (Å²) in [5.74, 6) is 0.454. The summed E-state index contributed by atoms with van der Waals surface area (Å²) in [5, 5.41) is 4.21.